The number of imide groups is 1. The largest absolute Gasteiger partial charge is 0.374 e. The SMILES string of the molecule is CC(C)CN1CCOC(CNC(=O)CN2C(=O)NC(C)(c3ccccn3)C2=O)C1. The van der Waals surface area contributed by atoms with Gasteiger partial charge in [0.25, 0.3) is 5.91 Å². The molecule has 29 heavy (non-hydrogen) atoms. The van der Waals surface area contributed by atoms with E-state index < -0.39 is 23.4 Å². The molecule has 2 unspecified atom stereocenters. The van der Waals surface area contributed by atoms with Crippen LogP contribution in [0.1, 0.15) is 26.5 Å². The van der Waals surface area contributed by atoms with Crippen LogP contribution in [0.15, 0.2) is 24.4 Å². The number of nitrogens with one attached hydrogen (secondary N) is 2. The second-order valence-corrected chi connectivity index (χ2v) is 8.11. The molecule has 1 aromatic rings. The molecule has 2 saturated heterocycles. The van der Waals surface area contributed by atoms with Crippen LogP contribution in [0.5, 0.6) is 0 Å². The van der Waals surface area contributed by atoms with Crippen LogP contribution in [0.25, 0.3) is 0 Å². The maximum atomic E-state index is 12.8. The van der Waals surface area contributed by atoms with Crippen molar-refractivity contribution in [2.45, 2.75) is 32.4 Å². The first-order chi connectivity index (χ1) is 13.8. The summed E-state index contributed by atoms with van der Waals surface area (Å²) >= 11 is 0. The summed E-state index contributed by atoms with van der Waals surface area (Å²) < 4.78 is 5.72. The number of nitrogens with zero attached hydrogens (tertiary/aromatic N) is 3. The van der Waals surface area contributed by atoms with Gasteiger partial charge in [-0.15, -0.1) is 0 Å². The van der Waals surface area contributed by atoms with Gasteiger partial charge in [-0.05, 0) is 25.0 Å². The van der Waals surface area contributed by atoms with Gasteiger partial charge in [-0.25, -0.2) is 4.79 Å². The van der Waals surface area contributed by atoms with Gasteiger partial charge in [0.05, 0.1) is 18.4 Å². The highest BCUT2D eigenvalue weighted by Crippen LogP contribution is 2.26. The van der Waals surface area contributed by atoms with Crippen molar-refractivity contribution in [3.8, 4) is 0 Å². The molecule has 9 nitrogen and oxygen atoms in total. The first-order valence-electron chi connectivity index (χ1n) is 9.96. The van der Waals surface area contributed by atoms with Gasteiger partial charge in [-0.1, -0.05) is 19.9 Å². The maximum Gasteiger partial charge on any atom is 0.325 e. The van der Waals surface area contributed by atoms with Crippen molar-refractivity contribution in [3.05, 3.63) is 30.1 Å². The summed E-state index contributed by atoms with van der Waals surface area (Å²) in [4.78, 5) is 44.9. The molecular formula is C20H29N5O4. The Labute approximate surface area is 170 Å². The second-order valence-electron chi connectivity index (χ2n) is 8.11. The molecule has 1 aromatic heterocycles. The molecule has 0 bridgehead atoms. The van der Waals surface area contributed by atoms with Crippen LogP contribution >= 0.6 is 0 Å². The standard InChI is InChI=1S/C20H29N5O4/c1-14(2)11-24-8-9-29-15(12-24)10-22-17(26)13-25-18(27)20(3,23-19(25)28)16-6-4-5-7-21-16/h4-7,14-15H,8-13H2,1-3H3,(H,22,26)(H,23,28). The second kappa shape index (κ2) is 8.87. The topological polar surface area (TPSA) is 104 Å². The molecule has 3 rings (SSSR count). The van der Waals surface area contributed by atoms with E-state index >= 15 is 0 Å². The normalized spacial score (nSPS) is 25.4. The van der Waals surface area contributed by atoms with Crippen molar-refractivity contribution in [2.75, 3.05) is 39.3 Å². The molecular weight excluding hydrogens is 374 g/mol. The van der Waals surface area contributed by atoms with Crippen molar-refractivity contribution in [3.63, 3.8) is 0 Å². The summed E-state index contributed by atoms with van der Waals surface area (Å²) in [5, 5.41) is 5.43. The van der Waals surface area contributed by atoms with E-state index in [2.05, 4.69) is 34.4 Å². The minimum Gasteiger partial charge on any atom is -0.374 e. The summed E-state index contributed by atoms with van der Waals surface area (Å²) in [7, 11) is 0. The Balaban J connectivity index is 1.53. The van der Waals surface area contributed by atoms with E-state index in [0.29, 0.717) is 24.8 Å². The quantitative estimate of drug-likeness (QED) is 0.636. The minimum atomic E-state index is -1.28. The molecule has 0 saturated carbocycles. The van der Waals surface area contributed by atoms with E-state index in [9.17, 15) is 14.4 Å². The van der Waals surface area contributed by atoms with Crippen molar-refractivity contribution in [2.24, 2.45) is 5.92 Å². The summed E-state index contributed by atoms with van der Waals surface area (Å²) in [6.07, 6.45) is 1.45. The Morgan fingerprint density at radius 2 is 2.21 bits per heavy atom. The summed E-state index contributed by atoms with van der Waals surface area (Å²) in [5.74, 6) is -0.326. The molecule has 2 N–H and O–H groups in total. The Bertz CT molecular complexity index is 756. The predicted molar refractivity (Wildman–Crippen MR) is 106 cm³/mol. The molecule has 3 heterocycles. The molecule has 2 aliphatic heterocycles. The van der Waals surface area contributed by atoms with Crippen LogP contribution < -0.4 is 10.6 Å². The number of carbonyl (C=O) groups is 3. The molecule has 9 heteroatoms. The fourth-order valence-electron chi connectivity index (χ4n) is 3.69. The van der Waals surface area contributed by atoms with Gasteiger partial charge in [-0.2, -0.15) is 0 Å². The Morgan fingerprint density at radius 1 is 1.41 bits per heavy atom. The highest BCUT2D eigenvalue weighted by Gasteiger charge is 2.50. The molecule has 4 amide bonds. The Morgan fingerprint density at radius 3 is 2.90 bits per heavy atom. The molecule has 0 aliphatic carbocycles. The number of amides is 4. The molecule has 0 radical (unpaired) electrons. The van der Waals surface area contributed by atoms with E-state index in [1.54, 1.807) is 31.3 Å². The zero-order valence-electron chi connectivity index (χ0n) is 17.2. The maximum absolute atomic E-state index is 12.8. The number of aromatic nitrogens is 1. The Kier molecular flexibility index (Phi) is 6.49. The van der Waals surface area contributed by atoms with E-state index in [1.807, 2.05) is 0 Å². The van der Waals surface area contributed by atoms with Crippen LogP contribution in [0.3, 0.4) is 0 Å². The van der Waals surface area contributed by atoms with Gasteiger partial charge in [0, 0.05) is 32.4 Å². The van der Waals surface area contributed by atoms with Crippen LogP contribution in [-0.4, -0.2) is 78.1 Å². The fraction of sp³-hybridized carbons (Fsp3) is 0.600. The van der Waals surface area contributed by atoms with Crippen LogP contribution in [0.2, 0.25) is 0 Å². The van der Waals surface area contributed by atoms with Crippen molar-refractivity contribution < 1.29 is 19.1 Å². The summed E-state index contributed by atoms with van der Waals surface area (Å²) in [6, 6.07) is 4.55. The predicted octanol–water partition coefficient (Wildman–Crippen LogP) is 0.322. The first-order valence-corrected chi connectivity index (χ1v) is 9.96. The van der Waals surface area contributed by atoms with Crippen LogP contribution in [0.4, 0.5) is 4.79 Å². The summed E-state index contributed by atoms with van der Waals surface area (Å²) in [6.45, 7) is 9.19. The smallest absolute Gasteiger partial charge is 0.325 e. The zero-order chi connectivity index (χ0) is 21.0. The monoisotopic (exact) mass is 403 g/mol. The van der Waals surface area contributed by atoms with Gasteiger partial charge >= 0.3 is 6.03 Å². The van der Waals surface area contributed by atoms with E-state index in [1.165, 1.54) is 0 Å². The lowest BCUT2D eigenvalue weighted by atomic mass is 9.97. The number of hydrogen-bond donors (Lipinski definition) is 2. The molecule has 2 fully saturated rings. The first kappa shape index (κ1) is 21.2. The molecule has 2 atom stereocenters. The summed E-state index contributed by atoms with van der Waals surface area (Å²) in [5.41, 5.74) is -0.843. The van der Waals surface area contributed by atoms with Crippen LogP contribution in [-0.2, 0) is 19.9 Å². The number of urea groups is 1. The van der Waals surface area contributed by atoms with E-state index in [4.69, 9.17) is 4.74 Å². The van der Waals surface area contributed by atoms with Gasteiger partial charge < -0.3 is 15.4 Å². The average Bonchev–Trinajstić information content (AvgIpc) is 2.91. The molecule has 158 valence electrons. The lowest BCUT2D eigenvalue weighted by molar-refractivity contribution is -0.135. The van der Waals surface area contributed by atoms with E-state index in [-0.39, 0.29) is 12.6 Å². The number of hydrogen-bond acceptors (Lipinski definition) is 6. The lowest BCUT2D eigenvalue weighted by Crippen LogP contribution is -2.50. The van der Waals surface area contributed by atoms with E-state index in [0.717, 1.165) is 24.5 Å². The Hall–Kier alpha value is -2.52. The third-order valence-electron chi connectivity index (χ3n) is 5.13. The van der Waals surface area contributed by atoms with Gasteiger partial charge in [-0.3, -0.25) is 24.4 Å². The lowest BCUT2D eigenvalue weighted by Gasteiger charge is -2.34. The highest BCUT2D eigenvalue weighted by atomic mass is 16.5. The third kappa shape index (κ3) is 4.91. The van der Waals surface area contributed by atoms with Crippen molar-refractivity contribution >= 4 is 17.8 Å². The number of ether oxygens (including phenoxy) is 1. The van der Waals surface area contributed by atoms with Gasteiger partial charge in [0.15, 0.2) is 5.54 Å². The number of pyridine rings is 1. The molecule has 0 aromatic carbocycles. The van der Waals surface area contributed by atoms with Gasteiger partial charge in [0.1, 0.15) is 6.54 Å². The number of morpholine rings is 1. The zero-order valence-corrected chi connectivity index (χ0v) is 17.2. The third-order valence-corrected chi connectivity index (χ3v) is 5.13. The number of carbonyl (C=O) groups excluding carboxylic acids is 3. The molecule has 2 aliphatic rings. The van der Waals surface area contributed by atoms with Gasteiger partial charge in [0.2, 0.25) is 5.91 Å². The van der Waals surface area contributed by atoms with Crippen molar-refractivity contribution in [1.29, 1.82) is 0 Å². The average molecular weight is 403 g/mol. The number of rotatable bonds is 7. The fourth-order valence-corrected chi connectivity index (χ4v) is 3.69. The minimum absolute atomic E-state index is 0.103. The highest BCUT2D eigenvalue weighted by molar-refractivity contribution is 6.08. The van der Waals surface area contributed by atoms with Crippen molar-refractivity contribution in [1.82, 2.24) is 25.4 Å². The van der Waals surface area contributed by atoms with Crippen LogP contribution in [0, 0.1) is 5.92 Å². The molecule has 0 spiro atoms.